The third-order valence-corrected chi connectivity index (χ3v) is 6.82. The quantitative estimate of drug-likeness (QED) is 0.353. The van der Waals surface area contributed by atoms with E-state index in [4.69, 9.17) is 9.47 Å². The number of morpholine rings is 1. The molecule has 1 saturated heterocycles. The van der Waals surface area contributed by atoms with Crippen LogP contribution in [0.25, 0.3) is 33.5 Å². The smallest absolute Gasteiger partial charge is 0.251 e. The first-order valence-electron chi connectivity index (χ1n) is 12.3. The molecule has 192 valence electrons. The summed E-state index contributed by atoms with van der Waals surface area (Å²) in [7, 11) is 1.57. The summed E-state index contributed by atoms with van der Waals surface area (Å²) in [5.74, 6) is 0.946. The van der Waals surface area contributed by atoms with E-state index in [1.54, 1.807) is 31.5 Å². The average molecular weight is 502 g/mol. The largest absolute Gasteiger partial charge is 0.507 e. The minimum atomic E-state index is -0.176. The van der Waals surface area contributed by atoms with Crippen LogP contribution in [-0.2, 0) is 4.74 Å². The van der Waals surface area contributed by atoms with Crippen molar-refractivity contribution in [2.75, 3.05) is 40.0 Å². The summed E-state index contributed by atoms with van der Waals surface area (Å²) in [5, 5.41) is 13.7. The summed E-state index contributed by atoms with van der Waals surface area (Å²) in [6.07, 6.45) is 1.67. The second kappa shape index (κ2) is 10.2. The number of fused-ring (bicyclic) bond motifs is 1. The van der Waals surface area contributed by atoms with Crippen molar-refractivity contribution in [2.24, 2.45) is 0 Å². The SMILES string of the molecule is COc1ncccc1-c1ccc(O)c(-c2nc3ccc(C(=O)NCC(C)(C)N4CCOCC4)cc3[nH]2)c1. The van der Waals surface area contributed by atoms with Crippen LogP contribution in [0.4, 0.5) is 0 Å². The van der Waals surface area contributed by atoms with Gasteiger partial charge in [0.25, 0.3) is 5.91 Å². The molecule has 5 rings (SSSR count). The van der Waals surface area contributed by atoms with Crippen LogP contribution in [-0.4, -0.2) is 76.4 Å². The predicted molar refractivity (Wildman–Crippen MR) is 142 cm³/mol. The third-order valence-electron chi connectivity index (χ3n) is 6.82. The molecular weight excluding hydrogens is 470 g/mol. The molecule has 2 aromatic carbocycles. The maximum atomic E-state index is 13.0. The van der Waals surface area contributed by atoms with Crippen LogP contribution in [0.5, 0.6) is 11.6 Å². The molecule has 0 atom stereocenters. The van der Waals surface area contributed by atoms with Crippen molar-refractivity contribution in [2.45, 2.75) is 19.4 Å². The Kier molecular flexibility index (Phi) is 6.82. The van der Waals surface area contributed by atoms with Crippen LogP contribution in [0.3, 0.4) is 0 Å². The second-order valence-corrected chi connectivity index (χ2v) is 9.70. The van der Waals surface area contributed by atoms with E-state index in [1.165, 1.54) is 0 Å². The average Bonchev–Trinajstić information content (AvgIpc) is 3.36. The minimum Gasteiger partial charge on any atom is -0.507 e. The van der Waals surface area contributed by atoms with Crippen molar-refractivity contribution in [3.63, 3.8) is 0 Å². The fourth-order valence-corrected chi connectivity index (χ4v) is 4.62. The van der Waals surface area contributed by atoms with E-state index in [0.717, 1.165) is 24.2 Å². The maximum absolute atomic E-state index is 13.0. The lowest BCUT2D eigenvalue weighted by Crippen LogP contribution is -2.55. The lowest BCUT2D eigenvalue weighted by Gasteiger charge is -2.40. The van der Waals surface area contributed by atoms with Crippen molar-refractivity contribution in [3.05, 3.63) is 60.3 Å². The highest BCUT2D eigenvalue weighted by Crippen LogP contribution is 2.35. The second-order valence-electron chi connectivity index (χ2n) is 9.70. The van der Waals surface area contributed by atoms with Gasteiger partial charge in [-0.15, -0.1) is 0 Å². The number of aromatic amines is 1. The van der Waals surface area contributed by atoms with Crippen LogP contribution in [0.1, 0.15) is 24.2 Å². The molecule has 0 saturated carbocycles. The zero-order valence-corrected chi connectivity index (χ0v) is 21.2. The number of ether oxygens (including phenoxy) is 2. The first-order valence-corrected chi connectivity index (χ1v) is 12.3. The number of methoxy groups -OCH3 is 1. The number of carbonyl (C=O) groups is 1. The maximum Gasteiger partial charge on any atom is 0.251 e. The van der Waals surface area contributed by atoms with Crippen LogP contribution in [0.15, 0.2) is 54.7 Å². The zero-order chi connectivity index (χ0) is 26.0. The van der Waals surface area contributed by atoms with Gasteiger partial charge >= 0.3 is 0 Å². The third kappa shape index (κ3) is 5.14. The Hall–Kier alpha value is -3.95. The van der Waals surface area contributed by atoms with E-state index < -0.39 is 0 Å². The van der Waals surface area contributed by atoms with Crippen LogP contribution in [0.2, 0.25) is 0 Å². The molecule has 9 nitrogen and oxygen atoms in total. The molecule has 1 amide bonds. The van der Waals surface area contributed by atoms with Gasteiger partial charge in [0.2, 0.25) is 5.88 Å². The van der Waals surface area contributed by atoms with Gasteiger partial charge in [-0.2, -0.15) is 0 Å². The normalized spacial score (nSPS) is 14.6. The minimum absolute atomic E-state index is 0.0916. The molecule has 9 heteroatoms. The molecule has 1 aliphatic heterocycles. The molecule has 0 aliphatic carbocycles. The number of nitrogens with one attached hydrogen (secondary N) is 2. The highest BCUT2D eigenvalue weighted by molar-refractivity contribution is 5.98. The Labute approximate surface area is 215 Å². The monoisotopic (exact) mass is 501 g/mol. The Bertz CT molecular complexity index is 1430. The van der Waals surface area contributed by atoms with E-state index in [9.17, 15) is 9.90 Å². The number of aromatic hydroxyl groups is 1. The van der Waals surface area contributed by atoms with E-state index in [1.807, 2.05) is 30.3 Å². The number of amides is 1. The highest BCUT2D eigenvalue weighted by Gasteiger charge is 2.28. The number of hydrogen-bond donors (Lipinski definition) is 3. The van der Waals surface area contributed by atoms with Crippen molar-refractivity contribution in [1.82, 2.24) is 25.2 Å². The Morgan fingerprint density at radius 3 is 2.76 bits per heavy atom. The lowest BCUT2D eigenvalue weighted by atomic mass is 10.0. The van der Waals surface area contributed by atoms with Crippen molar-refractivity contribution >= 4 is 16.9 Å². The molecule has 3 heterocycles. The van der Waals surface area contributed by atoms with Crippen LogP contribution in [0, 0.1) is 0 Å². The summed E-state index contributed by atoms with van der Waals surface area (Å²) in [4.78, 5) is 27.5. The van der Waals surface area contributed by atoms with Gasteiger partial charge < -0.3 is 24.9 Å². The number of pyridine rings is 1. The van der Waals surface area contributed by atoms with Gasteiger partial charge in [0, 0.05) is 42.5 Å². The highest BCUT2D eigenvalue weighted by atomic mass is 16.5. The number of benzene rings is 2. The number of aromatic nitrogens is 3. The summed E-state index contributed by atoms with van der Waals surface area (Å²) >= 11 is 0. The van der Waals surface area contributed by atoms with Crippen molar-refractivity contribution in [1.29, 1.82) is 0 Å². The van der Waals surface area contributed by atoms with Crippen LogP contribution < -0.4 is 10.1 Å². The van der Waals surface area contributed by atoms with Crippen LogP contribution >= 0.6 is 0 Å². The van der Waals surface area contributed by atoms with Gasteiger partial charge in [-0.1, -0.05) is 6.07 Å². The molecule has 3 N–H and O–H groups in total. The first kappa shape index (κ1) is 24.7. The van der Waals surface area contributed by atoms with Gasteiger partial charge in [0.15, 0.2) is 0 Å². The predicted octanol–water partition coefficient (Wildman–Crippen LogP) is 3.85. The molecule has 2 aromatic heterocycles. The summed E-state index contributed by atoms with van der Waals surface area (Å²) in [6, 6.07) is 14.4. The van der Waals surface area contributed by atoms with Gasteiger partial charge in [-0.3, -0.25) is 9.69 Å². The number of nitrogens with zero attached hydrogens (tertiary/aromatic N) is 3. The number of carbonyl (C=O) groups excluding carboxylic acids is 1. The number of rotatable bonds is 7. The van der Waals surface area contributed by atoms with Crippen molar-refractivity contribution < 1.29 is 19.4 Å². The van der Waals surface area contributed by atoms with E-state index in [0.29, 0.717) is 53.6 Å². The first-order chi connectivity index (χ1) is 17.9. The van der Waals surface area contributed by atoms with Crippen molar-refractivity contribution in [3.8, 4) is 34.1 Å². The summed E-state index contributed by atoms with van der Waals surface area (Å²) < 4.78 is 10.8. The van der Waals surface area contributed by atoms with E-state index >= 15 is 0 Å². The molecule has 4 aromatic rings. The number of hydrogen-bond acceptors (Lipinski definition) is 7. The Morgan fingerprint density at radius 1 is 1.16 bits per heavy atom. The van der Waals surface area contributed by atoms with Gasteiger partial charge in [-0.25, -0.2) is 9.97 Å². The van der Waals surface area contributed by atoms with E-state index in [2.05, 4.69) is 39.0 Å². The fraction of sp³-hybridized carbons (Fsp3) is 0.321. The molecule has 0 bridgehead atoms. The number of imidazole rings is 1. The van der Waals surface area contributed by atoms with Gasteiger partial charge in [0.05, 0.1) is 36.9 Å². The number of H-pyrrole nitrogens is 1. The summed E-state index contributed by atoms with van der Waals surface area (Å²) in [5.41, 5.74) is 3.95. The fourth-order valence-electron chi connectivity index (χ4n) is 4.62. The molecule has 1 fully saturated rings. The van der Waals surface area contributed by atoms with E-state index in [-0.39, 0.29) is 17.2 Å². The summed E-state index contributed by atoms with van der Waals surface area (Å²) in [6.45, 7) is 7.92. The molecule has 0 unspecified atom stereocenters. The molecule has 0 spiro atoms. The standard InChI is InChI=1S/C28H31N5O4/c1-28(2,33-11-13-37-14-12-33)17-30-26(35)19-6-8-22-23(16-19)32-25(31-22)21-15-18(7-9-24(21)34)20-5-4-10-29-27(20)36-3/h4-10,15-16,34H,11-14,17H2,1-3H3,(H,30,35)(H,31,32). The Morgan fingerprint density at radius 2 is 1.97 bits per heavy atom. The lowest BCUT2D eigenvalue weighted by molar-refractivity contribution is -0.00923. The topological polar surface area (TPSA) is 113 Å². The Balaban J connectivity index is 1.37. The number of phenolic OH excluding ortho intramolecular Hbond substituents is 1. The molecular formula is C28H31N5O4. The zero-order valence-electron chi connectivity index (χ0n) is 21.2. The molecule has 37 heavy (non-hydrogen) atoms. The molecule has 1 aliphatic rings. The number of phenols is 1. The van der Waals surface area contributed by atoms with Gasteiger partial charge in [0.1, 0.15) is 11.6 Å². The molecule has 0 radical (unpaired) electrons. The van der Waals surface area contributed by atoms with Gasteiger partial charge in [-0.05, 0) is 61.9 Å².